The minimum atomic E-state index is -4.42. The molecule has 1 unspecified atom stereocenters. The SMILES string of the molecule is O=C(NCC1CCCCC1)C(C1CCCC1)N1CCN(C(=O)c2ccc(C(F)(F)F)cc2)CC1. The smallest absolute Gasteiger partial charge is 0.354 e. The third kappa shape index (κ3) is 6.12. The van der Waals surface area contributed by atoms with Crippen LogP contribution in [0.15, 0.2) is 24.3 Å². The monoisotopic (exact) mass is 479 g/mol. The van der Waals surface area contributed by atoms with Crippen molar-refractivity contribution in [2.75, 3.05) is 32.7 Å². The Morgan fingerprint density at radius 2 is 1.47 bits per heavy atom. The average molecular weight is 480 g/mol. The van der Waals surface area contributed by atoms with Gasteiger partial charge in [-0.2, -0.15) is 13.2 Å². The molecule has 4 rings (SSSR count). The van der Waals surface area contributed by atoms with Gasteiger partial charge in [-0.1, -0.05) is 32.1 Å². The third-order valence-corrected chi connectivity index (χ3v) is 7.86. The summed E-state index contributed by atoms with van der Waals surface area (Å²) >= 11 is 0. The van der Waals surface area contributed by atoms with E-state index in [1.807, 2.05) is 0 Å². The fraction of sp³-hybridized carbons (Fsp3) is 0.692. The molecule has 1 aromatic rings. The number of halogens is 3. The van der Waals surface area contributed by atoms with Gasteiger partial charge in [0.2, 0.25) is 5.91 Å². The van der Waals surface area contributed by atoms with Crippen molar-refractivity contribution in [2.45, 2.75) is 70.0 Å². The van der Waals surface area contributed by atoms with Gasteiger partial charge < -0.3 is 10.2 Å². The van der Waals surface area contributed by atoms with Gasteiger partial charge in [0, 0.05) is 38.3 Å². The van der Waals surface area contributed by atoms with E-state index in [9.17, 15) is 22.8 Å². The Morgan fingerprint density at radius 1 is 0.882 bits per heavy atom. The maximum Gasteiger partial charge on any atom is 0.416 e. The molecule has 34 heavy (non-hydrogen) atoms. The van der Waals surface area contributed by atoms with E-state index in [4.69, 9.17) is 0 Å². The van der Waals surface area contributed by atoms with Crippen LogP contribution in [-0.4, -0.2) is 60.4 Å². The molecule has 3 fully saturated rings. The van der Waals surface area contributed by atoms with Crippen LogP contribution in [-0.2, 0) is 11.0 Å². The molecule has 3 aliphatic rings. The van der Waals surface area contributed by atoms with Crippen LogP contribution in [0.5, 0.6) is 0 Å². The summed E-state index contributed by atoms with van der Waals surface area (Å²) in [5.74, 6) is 0.802. The summed E-state index contributed by atoms with van der Waals surface area (Å²) in [6, 6.07) is 4.25. The number of nitrogens with zero attached hydrogens (tertiary/aromatic N) is 2. The molecule has 1 aromatic carbocycles. The van der Waals surface area contributed by atoms with Crippen LogP contribution in [0.4, 0.5) is 13.2 Å². The van der Waals surface area contributed by atoms with Crippen LogP contribution < -0.4 is 5.32 Å². The van der Waals surface area contributed by atoms with Crippen molar-refractivity contribution in [3.63, 3.8) is 0 Å². The first-order valence-electron chi connectivity index (χ1n) is 12.8. The summed E-state index contributed by atoms with van der Waals surface area (Å²) in [5.41, 5.74) is -0.494. The Morgan fingerprint density at radius 3 is 2.06 bits per heavy atom. The Hall–Kier alpha value is -2.09. The van der Waals surface area contributed by atoms with Crippen LogP contribution in [0.25, 0.3) is 0 Å². The molecule has 2 aliphatic carbocycles. The molecule has 8 heteroatoms. The Labute approximate surface area is 200 Å². The number of hydrogen-bond donors (Lipinski definition) is 1. The predicted molar refractivity (Wildman–Crippen MR) is 124 cm³/mol. The first-order chi connectivity index (χ1) is 16.3. The van der Waals surface area contributed by atoms with Gasteiger partial charge in [-0.15, -0.1) is 0 Å². The highest BCUT2D eigenvalue weighted by Crippen LogP contribution is 2.32. The number of piperazine rings is 1. The highest BCUT2D eigenvalue weighted by atomic mass is 19.4. The van der Waals surface area contributed by atoms with Crippen molar-refractivity contribution in [3.05, 3.63) is 35.4 Å². The molecule has 1 saturated heterocycles. The number of nitrogens with one attached hydrogen (secondary N) is 1. The number of hydrogen-bond acceptors (Lipinski definition) is 3. The second-order valence-electron chi connectivity index (χ2n) is 10.1. The summed E-state index contributed by atoms with van der Waals surface area (Å²) in [7, 11) is 0. The maximum absolute atomic E-state index is 13.3. The van der Waals surface area contributed by atoms with Crippen LogP contribution in [0, 0.1) is 11.8 Å². The summed E-state index contributed by atoms with van der Waals surface area (Å²) in [4.78, 5) is 30.1. The van der Waals surface area contributed by atoms with Crippen LogP contribution in [0.3, 0.4) is 0 Å². The lowest BCUT2D eigenvalue weighted by Crippen LogP contribution is -2.58. The van der Waals surface area contributed by atoms with Gasteiger partial charge >= 0.3 is 6.18 Å². The molecule has 0 aromatic heterocycles. The Bertz CT molecular complexity index is 823. The van der Waals surface area contributed by atoms with Gasteiger partial charge in [0.1, 0.15) is 0 Å². The van der Waals surface area contributed by atoms with E-state index in [1.165, 1.54) is 44.2 Å². The van der Waals surface area contributed by atoms with Gasteiger partial charge in [-0.25, -0.2) is 0 Å². The van der Waals surface area contributed by atoms with Crippen LogP contribution in [0.1, 0.15) is 73.7 Å². The second kappa shape index (κ2) is 11.1. The minimum absolute atomic E-state index is 0.125. The molecule has 188 valence electrons. The molecule has 1 atom stereocenters. The summed E-state index contributed by atoms with van der Waals surface area (Å²) < 4.78 is 38.4. The van der Waals surface area contributed by atoms with E-state index in [-0.39, 0.29) is 23.4 Å². The zero-order valence-electron chi connectivity index (χ0n) is 19.8. The van der Waals surface area contributed by atoms with Gasteiger partial charge in [-0.05, 0) is 61.8 Å². The van der Waals surface area contributed by atoms with Crippen molar-refractivity contribution < 1.29 is 22.8 Å². The summed E-state index contributed by atoms with van der Waals surface area (Å²) in [6.07, 6.45) is 6.21. The number of rotatable bonds is 6. The highest BCUT2D eigenvalue weighted by molar-refractivity contribution is 5.94. The summed E-state index contributed by atoms with van der Waals surface area (Å²) in [6.45, 7) is 2.90. The number of benzene rings is 1. The molecule has 2 amide bonds. The number of carbonyl (C=O) groups is 2. The third-order valence-electron chi connectivity index (χ3n) is 7.86. The normalized spacial score (nSPS) is 22.0. The van der Waals surface area contributed by atoms with Crippen molar-refractivity contribution in [3.8, 4) is 0 Å². The van der Waals surface area contributed by atoms with Crippen molar-refractivity contribution in [2.24, 2.45) is 11.8 Å². The van der Waals surface area contributed by atoms with E-state index in [1.54, 1.807) is 4.90 Å². The zero-order valence-corrected chi connectivity index (χ0v) is 19.8. The van der Waals surface area contributed by atoms with E-state index < -0.39 is 11.7 Å². The Kier molecular flexibility index (Phi) is 8.17. The molecule has 2 saturated carbocycles. The zero-order chi connectivity index (χ0) is 24.1. The second-order valence-corrected chi connectivity index (χ2v) is 10.1. The van der Waals surface area contributed by atoms with Crippen molar-refractivity contribution in [1.82, 2.24) is 15.1 Å². The standard InChI is InChI=1S/C26H36F3N3O2/c27-26(28,29)22-12-10-21(11-13-22)25(34)32-16-14-31(15-17-32)23(20-8-4-5-9-20)24(33)30-18-19-6-2-1-3-7-19/h10-13,19-20,23H,1-9,14-18H2,(H,30,33). The number of carbonyl (C=O) groups excluding carboxylic acids is 2. The predicted octanol–water partition coefficient (Wildman–Crippen LogP) is 4.72. The lowest BCUT2D eigenvalue weighted by molar-refractivity contribution is -0.137. The average Bonchev–Trinajstić information content (AvgIpc) is 3.37. The molecule has 0 bridgehead atoms. The van der Waals surface area contributed by atoms with Gasteiger partial charge in [-0.3, -0.25) is 14.5 Å². The highest BCUT2D eigenvalue weighted by Gasteiger charge is 2.37. The van der Waals surface area contributed by atoms with Crippen molar-refractivity contribution >= 4 is 11.8 Å². The fourth-order valence-electron chi connectivity index (χ4n) is 5.88. The van der Waals surface area contributed by atoms with Gasteiger partial charge in [0.15, 0.2) is 0 Å². The number of alkyl halides is 3. The van der Waals surface area contributed by atoms with Crippen molar-refractivity contribution in [1.29, 1.82) is 0 Å². The quantitative estimate of drug-likeness (QED) is 0.643. The largest absolute Gasteiger partial charge is 0.416 e. The molecular weight excluding hydrogens is 443 g/mol. The van der Waals surface area contributed by atoms with Gasteiger partial charge in [0.05, 0.1) is 11.6 Å². The van der Waals surface area contributed by atoms with Gasteiger partial charge in [0.25, 0.3) is 5.91 Å². The van der Waals surface area contributed by atoms with Crippen LogP contribution >= 0.6 is 0 Å². The topological polar surface area (TPSA) is 52.7 Å². The minimum Gasteiger partial charge on any atom is -0.354 e. The number of amides is 2. The summed E-state index contributed by atoms with van der Waals surface area (Å²) in [5, 5.41) is 3.25. The van der Waals surface area contributed by atoms with E-state index in [0.717, 1.165) is 44.4 Å². The molecule has 0 radical (unpaired) electrons. The first kappa shape index (κ1) is 25.0. The Balaban J connectivity index is 1.34. The van der Waals surface area contributed by atoms with E-state index in [2.05, 4.69) is 10.2 Å². The molecule has 1 heterocycles. The fourth-order valence-corrected chi connectivity index (χ4v) is 5.88. The first-order valence-corrected chi connectivity index (χ1v) is 12.8. The molecule has 0 spiro atoms. The molecule has 1 aliphatic heterocycles. The lowest BCUT2D eigenvalue weighted by Gasteiger charge is -2.41. The molecule has 5 nitrogen and oxygen atoms in total. The molecule has 1 N–H and O–H groups in total. The lowest BCUT2D eigenvalue weighted by atomic mass is 9.89. The van der Waals surface area contributed by atoms with E-state index >= 15 is 0 Å². The van der Waals surface area contributed by atoms with Crippen LogP contribution in [0.2, 0.25) is 0 Å². The molecular formula is C26H36F3N3O2. The maximum atomic E-state index is 13.3. The van der Waals surface area contributed by atoms with E-state index in [0.29, 0.717) is 38.0 Å².